The number of pyridine rings is 1. The first-order valence-electron chi connectivity index (χ1n) is 5.02. The second-order valence-corrected chi connectivity index (χ2v) is 3.13. The quantitative estimate of drug-likeness (QED) is 0.716. The zero-order chi connectivity index (χ0) is 11.8. The highest BCUT2D eigenvalue weighted by atomic mass is 16.6. The molecule has 2 unspecified atom stereocenters. The third-order valence-corrected chi connectivity index (χ3v) is 1.92. The highest BCUT2D eigenvalue weighted by molar-refractivity contribution is 5.40. The van der Waals surface area contributed by atoms with Gasteiger partial charge in [-0.2, -0.15) is 0 Å². The molecule has 0 aromatic carbocycles. The summed E-state index contributed by atoms with van der Waals surface area (Å²) in [5.41, 5.74) is 11.5. The van der Waals surface area contributed by atoms with Crippen LogP contribution in [0.4, 0.5) is 0 Å². The van der Waals surface area contributed by atoms with Crippen molar-refractivity contribution < 1.29 is 9.47 Å². The molecule has 5 nitrogen and oxygen atoms in total. The Labute approximate surface area is 95.1 Å². The molecule has 4 N–H and O–H groups in total. The molecular weight excluding hydrogens is 206 g/mol. The van der Waals surface area contributed by atoms with Crippen LogP contribution in [-0.2, 0) is 9.47 Å². The lowest BCUT2D eigenvalue weighted by atomic mass is 10.4. The van der Waals surface area contributed by atoms with Crippen molar-refractivity contribution in [1.29, 1.82) is 0 Å². The van der Waals surface area contributed by atoms with E-state index >= 15 is 0 Å². The number of nitrogens with two attached hydrogens (primary N) is 2. The first-order valence-corrected chi connectivity index (χ1v) is 5.02. The summed E-state index contributed by atoms with van der Waals surface area (Å²) in [6.07, 6.45) is 2.59. The summed E-state index contributed by atoms with van der Waals surface area (Å²) in [5, 5.41) is 0. The van der Waals surface area contributed by atoms with Crippen molar-refractivity contribution in [2.24, 2.45) is 11.5 Å². The van der Waals surface area contributed by atoms with E-state index in [-0.39, 0.29) is 0 Å². The highest BCUT2D eigenvalue weighted by Gasteiger charge is 2.17. The van der Waals surface area contributed by atoms with Gasteiger partial charge in [-0.3, -0.25) is 4.98 Å². The Bertz CT molecular complexity index is 295. The van der Waals surface area contributed by atoms with Crippen LogP contribution in [0.2, 0.25) is 0 Å². The number of hydrogen-bond acceptors (Lipinski definition) is 5. The molecule has 0 amide bonds. The molecule has 0 radical (unpaired) electrons. The van der Waals surface area contributed by atoms with Gasteiger partial charge in [-0.15, -0.1) is 0 Å². The SMILES string of the molecule is C=Cc1ccccn1.NC1OCCOC1N. The topological polar surface area (TPSA) is 83.4 Å². The minimum atomic E-state index is -0.441. The van der Waals surface area contributed by atoms with Gasteiger partial charge in [0.05, 0.1) is 18.9 Å². The number of rotatable bonds is 1. The van der Waals surface area contributed by atoms with E-state index in [4.69, 9.17) is 20.9 Å². The molecule has 0 saturated carbocycles. The largest absolute Gasteiger partial charge is 0.357 e. The first-order chi connectivity index (χ1) is 7.74. The Kier molecular flexibility index (Phi) is 5.66. The van der Waals surface area contributed by atoms with Crippen LogP contribution in [0.1, 0.15) is 5.69 Å². The Balaban J connectivity index is 0.000000160. The van der Waals surface area contributed by atoms with Crippen LogP contribution in [0.5, 0.6) is 0 Å². The minimum Gasteiger partial charge on any atom is -0.357 e. The summed E-state index contributed by atoms with van der Waals surface area (Å²) < 4.78 is 9.84. The molecule has 0 aliphatic carbocycles. The van der Waals surface area contributed by atoms with Crippen molar-refractivity contribution in [2.45, 2.75) is 12.5 Å². The van der Waals surface area contributed by atoms with Crippen molar-refractivity contribution >= 4 is 6.08 Å². The molecule has 16 heavy (non-hydrogen) atoms. The van der Waals surface area contributed by atoms with Crippen molar-refractivity contribution in [3.63, 3.8) is 0 Å². The van der Waals surface area contributed by atoms with E-state index in [2.05, 4.69) is 11.6 Å². The molecular formula is C11H17N3O2. The van der Waals surface area contributed by atoms with Crippen LogP contribution in [0, 0.1) is 0 Å². The van der Waals surface area contributed by atoms with E-state index in [1.165, 1.54) is 0 Å². The summed E-state index contributed by atoms with van der Waals surface area (Å²) in [5.74, 6) is 0. The van der Waals surface area contributed by atoms with Gasteiger partial charge in [0.1, 0.15) is 12.5 Å². The first kappa shape index (κ1) is 12.8. The molecule has 2 atom stereocenters. The minimum absolute atomic E-state index is 0.441. The number of nitrogens with zero attached hydrogens (tertiary/aromatic N) is 1. The van der Waals surface area contributed by atoms with Gasteiger partial charge in [0, 0.05) is 6.20 Å². The molecule has 0 bridgehead atoms. The van der Waals surface area contributed by atoms with Crippen molar-refractivity contribution in [1.82, 2.24) is 4.98 Å². The van der Waals surface area contributed by atoms with Gasteiger partial charge in [0.2, 0.25) is 0 Å². The Morgan fingerprint density at radius 1 is 1.25 bits per heavy atom. The molecule has 1 saturated heterocycles. The standard InChI is InChI=1S/C7H7N.C4H10N2O2/c1-2-7-5-3-4-6-8-7;5-3-4(6)8-2-1-7-3/h2-6H,1H2;3-4H,1-2,5-6H2. The monoisotopic (exact) mass is 223 g/mol. The maximum absolute atomic E-state index is 5.31. The second kappa shape index (κ2) is 7.08. The van der Waals surface area contributed by atoms with Gasteiger partial charge in [0.15, 0.2) is 0 Å². The van der Waals surface area contributed by atoms with Gasteiger partial charge in [-0.1, -0.05) is 12.6 Å². The lowest BCUT2D eigenvalue weighted by Gasteiger charge is -2.25. The third-order valence-electron chi connectivity index (χ3n) is 1.92. The smallest absolute Gasteiger partial charge is 0.145 e. The van der Waals surface area contributed by atoms with Crippen LogP contribution in [0.15, 0.2) is 31.0 Å². The molecule has 0 spiro atoms. The third kappa shape index (κ3) is 4.50. The van der Waals surface area contributed by atoms with Crippen LogP contribution in [0.3, 0.4) is 0 Å². The normalized spacial score (nSPS) is 24.1. The molecule has 1 fully saturated rings. The molecule has 2 rings (SSSR count). The van der Waals surface area contributed by atoms with E-state index in [0.29, 0.717) is 13.2 Å². The fraction of sp³-hybridized carbons (Fsp3) is 0.364. The van der Waals surface area contributed by atoms with Gasteiger partial charge < -0.3 is 20.9 Å². The molecule has 1 aromatic rings. The summed E-state index contributed by atoms with van der Waals surface area (Å²) in [6, 6.07) is 5.73. The average molecular weight is 223 g/mol. The van der Waals surface area contributed by atoms with Crippen LogP contribution in [-0.4, -0.2) is 30.7 Å². The van der Waals surface area contributed by atoms with E-state index in [1.807, 2.05) is 18.2 Å². The van der Waals surface area contributed by atoms with Crippen molar-refractivity contribution in [3.05, 3.63) is 36.7 Å². The van der Waals surface area contributed by atoms with E-state index < -0.39 is 12.5 Å². The summed E-state index contributed by atoms with van der Waals surface area (Å²) >= 11 is 0. The van der Waals surface area contributed by atoms with Gasteiger partial charge >= 0.3 is 0 Å². The van der Waals surface area contributed by atoms with Gasteiger partial charge in [0.25, 0.3) is 0 Å². The fourth-order valence-electron chi connectivity index (χ4n) is 1.05. The van der Waals surface area contributed by atoms with Crippen LogP contribution >= 0.6 is 0 Å². The van der Waals surface area contributed by atoms with E-state index in [1.54, 1.807) is 12.3 Å². The van der Waals surface area contributed by atoms with Crippen molar-refractivity contribution in [3.8, 4) is 0 Å². The predicted molar refractivity (Wildman–Crippen MR) is 62.2 cm³/mol. The van der Waals surface area contributed by atoms with E-state index in [0.717, 1.165) is 5.69 Å². The number of hydrogen-bond donors (Lipinski definition) is 2. The molecule has 2 heterocycles. The number of ether oxygens (including phenoxy) is 2. The van der Waals surface area contributed by atoms with Gasteiger partial charge in [-0.25, -0.2) is 0 Å². The van der Waals surface area contributed by atoms with Crippen LogP contribution < -0.4 is 11.5 Å². The van der Waals surface area contributed by atoms with Gasteiger partial charge in [-0.05, 0) is 18.2 Å². The van der Waals surface area contributed by atoms with E-state index in [9.17, 15) is 0 Å². The Hall–Kier alpha value is -1.27. The Morgan fingerprint density at radius 2 is 1.88 bits per heavy atom. The predicted octanol–water partition coefficient (Wildman–Crippen LogP) is 0.327. The zero-order valence-electron chi connectivity index (χ0n) is 9.08. The summed E-state index contributed by atoms with van der Waals surface area (Å²) in [4.78, 5) is 3.98. The molecule has 1 aromatic heterocycles. The Morgan fingerprint density at radius 3 is 2.19 bits per heavy atom. The van der Waals surface area contributed by atoms with Crippen LogP contribution in [0.25, 0.3) is 6.08 Å². The maximum atomic E-state index is 5.31. The molecule has 5 heteroatoms. The molecule has 1 aliphatic heterocycles. The number of aromatic nitrogens is 1. The zero-order valence-corrected chi connectivity index (χ0v) is 9.08. The second-order valence-electron chi connectivity index (χ2n) is 3.13. The van der Waals surface area contributed by atoms with Crippen molar-refractivity contribution in [2.75, 3.05) is 13.2 Å². The fourth-order valence-corrected chi connectivity index (χ4v) is 1.05. The maximum Gasteiger partial charge on any atom is 0.145 e. The average Bonchev–Trinajstić information content (AvgIpc) is 2.35. The lowest BCUT2D eigenvalue weighted by Crippen LogP contribution is -2.49. The molecule has 1 aliphatic rings. The molecule has 88 valence electrons. The summed E-state index contributed by atoms with van der Waals surface area (Å²) in [6.45, 7) is 4.67. The summed E-state index contributed by atoms with van der Waals surface area (Å²) in [7, 11) is 0. The highest BCUT2D eigenvalue weighted by Crippen LogP contribution is 1.98. The lowest BCUT2D eigenvalue weighted by molar-refractivity contribution is -0.134.